The predicted octanol–water partition coefficient (Wildman–Crippen LogP) is 3.39. The molecule has 2 aliphatic heterocycles. The SMILES string of the molecule is O=C(O)[C@H]1CCCCN1C(=O)c1cc2c(s1)-c1ccccc1OC2. The molecule has 0 unspecified atom stereocenters. The van der Waals surface area contributed by atoms with Crippen LogP contribution >= 0.6 is 11.3 Å². The average Bonchev–Trinajstić information content (AvgIpc) is 3.05. The molecular weight excluding hydrogens is 326 g/mol. The molecule has 2 aromatic rings. The van der Waals surface area contributed by atoms with Gasteiger partial charge in [0.2, 0.25) is 0 Å². The molecule has 1 aromatic carbocycles. The van der Waals surface area contributed by atoms with Crippen molar-refractivity contribution >= 4 is 23.2 Å². The van der Waals surface area contributed by atoms with E-state index in [1.807, 2.05) is 30.3 Å². The van der Waals surface area contributed by atoms with Crippen molar-refractivity contribution in [2.45, 2.75) is 31.9 Å². The van der Waals surface area contributed by atoms with Gasteiger partial charge in [0.1, 0.15) is 18.4 Å². The standard InChI is InChI=1S/C18H17NO4S/c20-17(19-8-4-3-6-13(19)18(21)22)15-9-11-10-23-14-7-2-1-5-12(14)16(11)24-15/h1-2,5,7,9,13H,3-4,6,8,10H2,(H,21,22)/t13-/m1/s1. The number of piperidine rings is 1. The number of thiophene rings is 1. The molecule has 1 aromatic heterocycles. The maximum Gasteiger partial charge on any atom is 0.326 e. The third kappa shape index (κ3) is 2.47. The smallest absolute Gasteiger partial charge is 0.326 e. The number of hydrogen-bond acceptors (Lipinski definition) is 4. The molecule has 6 heteroatoms. The van der Waals surface area contributed by atoms with Gasteiger partial charge in [-0.3, -0.25) is 4.79 Å². The lowest BCUT2D eigenvalue weighted by Gasteiger charge is -2.32. The third-order valence-electron chi connectivity index (χ3n) is 4.58. The Bertz CT molecular complexity index is 813. The lowest BCUT2D eigenvalue weighted by atomic mass is 10.0. The zero-order valence-corrected chi connectivity index (χ0v) is 13.8. The van der Waals surface area contributed by atoms with Gasteiger partial charge in [0.25, 0.3) is 5.91 Å². The van der Waals surface area contributed by atoms with E-state index in [4.69, 9.17) is 4.74 Å². The molecular formula is C18H17NO4S. The quantitative estimate of drug-likeness (QED) is 0.908. The first-order valence-electron chi connectivity index (χ1n) is 8.04. The summed E-state index contributed by atoms with van der Waals surface area (Å²) in [6.45, 7) is 0.948. The number of aliphatic carboxylic acids is 1. The number of carboxylic acid groups (broad SMARTS) is 1. The van der Waals surface area contributed by atoms with Gasteiger partial charge in [-0.1, -0.05) is 12.1 Å². The van der Waals surface area contributed by atoms with Crippen LogP contribution in [0.15, 0.2) is 30.3 Å². The summed E-state index contributed by atoms with van der Waals surface area (Å²) in [4.78, 5) is 27.5. The van der Waals surface area contributed by atoms with E-state index in [2.05, 4.69) is 0 Å². The van der Waals surface area contributed by atoms with Crippen molar-refractivity contribution in [2.24, 2.45) is 0 Å². The highest BCUT2D eigenvalue weighted by Gasteiger charge is 2.34. The van der Waals surface area contributed by atoms with E-state index in [1.165, 1.54) is 16.2 Å². The number of fused-ring (bicyclic) bond motifs is 3. The number of nitrogens with zero attached hydrogens (tertiary/aromatic N) is 1. The Morgan fingerprint density at radius 3 is 2.92 bits per heavy atom. The van der Waals surface area contributed by atoms with E-state index in [1.54, 1.807) is 0 Å². The minimum Gasteiger partial charge on any atom is -0.488 e. The molecule has 0 spiro atoms. The second-order valence-electron chi connectivity index (χ2n) is 6.10. The molecule has 3 heterocycles. The monoisotopic (exact) mass is 343 g/mol. The first kappa shape index (κ1) is 15.2. The fraction of sp³-hybridized carbons (Fsp3) is 0.333. The number of carbonyl (C=O) groups is 2. The van der Waals surface area contributed by atoms with E-state index in [-0.39, 0.29) is 5.91 Å². The summed E-state index contributed by atoms with van der Waals surface area (Å²) in [5.41, 5.74) is 1.99. The highest BCUT2D eigenvalue weighted by molar-refractivity contribution is 7.17. The summed E-state index contributed by atoms with van der Waals surface area (Å²) in [7, 11) is 0. The summed E-state index contributed by atoms with van der Waals surface area (Å²) in [5.74, 6) is -0.274. The van der Waals surface area contributed by atoms with Gasteiger partial charge in [-0.05, 0) is 37.5 Å². The Labute approximate surface area is 143 Å². The molecule has 0 saturated carbocycles. The Kier molecular flexibility index (Phi) is 3.76. The molecule has 1 saturated heterocycles. The lowest BCUT2D eigenvalue weighted by Crippen LogP contribution is -2.47. The van der Waals surface area contributed by atoms with Gasteiger partial charge in [0.15, 0.2) is 0 Å². The van der Waals surface area contributed by atoms with Crippen LogP contribution in [0.4, 0.5) is 0 Å². The van der Waals surface area contributed by atoms with Crippen molar-refractivity contribution in [3.05, 3.63) is 40.8 Å². The second-order valence-corrected chi connectivity index (χ2v) is 7.15. The number of carboxylic acids is 1. The van der Waals surface area contributed by atoms with Crippen LogP contribution in [0.1, 0.15) is 34.5 Å². The molecule has 2 aliphatic rings. The van der Waals surface area contributed by atoms with E-state index in [9.17, 15) is 14.7 Å². The van der Waals surface area contributed by atoms with E-state index < -0.39 is 12.0 Å². The Balaban J connectivity index is 1.68. The molecule has 4 rings (SSSR count). The van der Waals surface area contributed by atoms with Crippen LogP contribution in [0, 0.1) is 0 Å². The number of hydrogen-bond donors (Lipinski definition) is 1. The molecule has 1 amide bonds. The zero-order valence-electron chi connectivity index (χ0n) is 13.0. The van der Waals surface area contributed by atoms with Crippen LogP contribution in [0.5, 0.6) is 5.75 Å². The van der Waals surface area contributed by atoms with E-state index >= 15 is 0 Å². The maximum atomic E-state index is 12.9. The van der Waals surface area contributed by atoms with Crippen LogP contribution in [-0.2, 0) is 11.4 Å². The largest absolute Gasteiger partial charge is 0.488 e. The molecule has 0 radical (unpaired) electrons. The molecule has 124 valence electrons. The molecule has 0 bridgehead atoms. The third-order valence-corrected chi connectivity index (χ3v) is 5.78. The molecule has 0 aliphatic carbocycles. The van der Waals surface area contributed by atoms with Gasteiger partial charge >= 0.3 is 5.97 Å². The minimum absolute atomic E-state index is 0.181. The van der Waals surface area contributed by atoms with Crippen molar-refractivity contribution in [3.63, 3.8) is 0 Å². The van der Waals surface area contributed by atoms with Crippen LogP contribution < -0.4 is 4.74 Å². The first-order valence-corrected chi connectivity index (χ1v) is 8.85. The number of carbonyl (C=O) groups excluding carboxylic acids is 1. The number of likely N-dealkylation sites (tertiary alicyclic amines) is 1. The topological polar surface area (TPSA) is 66.8 Å². The zero-order chi connectivity index (χ0) is 16.7. The summed E-state index contributed by atoms with van der Waals surface area (Å²) >= 11 is 1.43. The molecule has 1 atom stereocenters. The fourth-order valence-corrected chi connectivity index (χ4v) is 4.53. The van der Waals surface area contributed by atoms with Crippen LogP contribution in [-0.4, -0.2) is 34.5 Å². The summed E-state index contributed by atoms with van der Waals surface area (Å²) in [6.07, 6.45) is 2.23. The van der Waals surface area contributed by atoms with E-state index in [0.717, 1.165) is 34.6 Å². The highest BCUT2D eigenvalue weighted by atomic mass is 32.1. The fourth-order valence-electron chi connectivity index (χ4n) is 3.38. The highest BCUT2D eigenvalue weighted by Crippen LogP contribution is 2.42. The number of amides is 1. The Morgan fingerprint density at radius 2 is 2.08 bits per heavy atom. The summed E-state index contributed by atoms with van der Waals surface area (Å²) in [5, 5.41) is 9.39. The van der Waals surface area contributed by atoms with Crippen molar-refractivity contribution in [1.29, 1.82) is 0 Å². The molecule has 1 N–H and O–H groups in total. The molecule has 5 nitrogen and oxygen atoms in total. The van der Waals surface area contributed by atoms with Crippen molar-refractivity contribution < 1.29 is 19.4 Å². The van der Waals surface area contributed by atoms with Gasteiger partial charge in [0, 0.05) is 22.5 Å². The van der Waals surface area contributed by atoms with Crippen molar-refractivity contribution in [1.82, 2.24) is 4.90 Å². The maximum absolute atomic E-state index is 12.9. The average molecular weight is 343 g/mol. The number of ether oxygens (including phenoxy) is 1. The van der Waals surface area contributed by atoms with Crippen molar-refractivity contribution in [3.8, 4) is 16.2 Å². The van der Waals surface area contributed by atoms with Gasteiger partial charge in [-0.25, -0.2) is 4.79 Å². The lowest BCUT2D eigenvalue weighted by molar-refractivity contribution is -0.143. The van der Waals surface area contributed by atoms with Crippen molar-refractivity contribution in [2.75, 3.05) is 6.54 Å². The van der Waals surface area contributed by atoms with Crippen LogP contribution in [0.2, 0.25) is 0 Å². The first-order chi connectivity index (χ1) is 11.6. The molecule has 24 heavy (non-hydrogen) atoms. The van der Waals surface area contributed by atoms with E-state index in [0.29, 0.717) is 24.4 Å². The molecule has 1 fully saturated rings. The summed E-state index contributed by atoms with van der Waals surface area (Å²) in [6, 6.07) is 8.92. The normalized spacial score (nSPS) is 19.2. The number of benzene rings is 1. The predicted molar refractivity (Wildman–Crippen MR) is 90.4 cm³/mol. The Morgan fingerprint density at radius 1 is 1.25 bits per heavy atom. The summed E-state index contributed by atoms with van der Waals surface area (Å²) < 4.78 is 5.74. The minimum atomic E-state index is -0.918. The van der Waals surface area contributed by atoms with Gasteiger partial charge in [0.05, 0.1) is 4.88 Å². The second kappa shape index (κ2) is 5.94. The Hall–Kier alpha value is -2.34. The number of para-hydroxylation sites is 1. The van der Waals surface area contributed by atoms with Gasteiger partial charge < -0.3 is 14.7 Å². The van der Waals surface area contributed by atoms with Gasteiger partial charge in [-0.2, -0.15) is 0 Å². The van der Waals surface area contributed by atoms with Crippen LogP contribution in [0.3, 0.4) is 0 Å². The number of rotatable bonds is 2. The van der Waals surface area contributed by atoms with Crippen LogP contribution in [0.25, 0.3) is 10.4 Å². The van der Waals surface area contributed by atoms with Gasteiger partial charge in [-0.15, -0.1) is 11.3 Å².